The van der Waals surface area contributed by atoms with E-state index >= 15 is 0 Å². The predicted molar refractivity (Wildman–Crippen MR) is 119 cm³/mol. The molecule has 1 N–H and O–H groups in total. The Kier molecular flexibility index (Phi) is 5.85. The third kappa shape index (κ3) is 4.17. The molecule has 2 heterocycles. The molecule has 2 aromatic carbocycles. The molecule has 0 aliphatic carbocycles. The van der Waals surface area contributed by atoms with Crippen molar-refractivity contribution in [2.45, 2.75) is 38.0 Å². The summed E-state index contributed by atoms with van der Waals surface area (Å²) in [4.78, 5) is 14.6. The van der Waals surface area contributed by atoms with Crippen molar-refractivity contribution in [2.75, 3.05) is 24.6 Å². The molecule has 32 heavy (non-hydrogen) atoms. The number of anilines is 1. The summed E-state index contributed by atoms with van der Waals surface area (Å²) in [7, 11) is -4.27. The second kappa shape index (κ2) is 8.46. The summed E-state index contributed by atoms with van der Waals surface area (Å²) in [5.41, 5.74) is 1.64. The molecule has 3 aromatic rings. The average Bonchev–Trinajstić information content (AvgIpc) is 3.12. The number of rotatable bonds is 7. The monoisotopic (exact) mass is 460 g/mol. The number of carbonyl (C=O) groups excluding carboxylic acids is 1. The summed E-state index contributed by atoms with van der Waals surface area (Å²) < 4.78 is 53.6. The lowest BCUT2D eigenvalue weighted by molar-refractivity contribution is 0.0956. The molecule has 7 nitrogen and oxygen atoms in total. The molecule has 4 rings (SSSR count). The molecule has 0 spiro atoms. The van der Waals surface area contributed by atoms with Gasteiger partial charge in [-0.3, -0.25) is 4.79 Å². The molecular weight excluding hydrogens is 435 g/mol. The number of carbonyl (C=O) groups is 1. The van der Waals surface area contributed by atoms with Crippen LogP contribution in [0.25, 0.3) is 11.0 Å². The lowest BCUT2D eigenvalue weighted by Crippen LogP contribution is -2.36. The van der Waals surface area contributed by atoms with Gasteiger partial charge in [0.15, 0.2) is 5.76 Å². The topological polar surface area (TPSA) is 88.8 Å². The first-order chi connectivity index (χ1) is 15.2. The van der Waals surface area contributed by atoms with Crippen LogP contribution in [0.4, 0.5) is 10.1 Å². The molecule has 1 aromatic heterocycles. The second-order valence-electron chi connectivity index (χ2n) is 8.02. The number of nitrogens with one attached hydrogen (secondary N) is 1. The maximum Gasteiger partial charge on any atom is 0.300 e. The minimum atomic E-state index is -4.27. The third-order valence-electron chi connectivity index (χ3n) is 5.47. The molecule has 0 atom stereocenters. The molecule has 1 fully saturated rings. The summed E-state index contributed by atoms with van der Waals surface area (Å²) in [5.74, 6) is -1.58. The number of ether oxygens (including phenoxy) is 1. The highest BCUT2D eigenvalue weighted by Gasteiger charge is 2.26. The number of benzene rings is 2. The Hall–Kier alpha value is -3.07. The molecule has 1 amide bonds. The van der Waals surface area contributed by atoms with Gasteiger partial charge in [-0.05, 0) is 43.0 Å². The smallest absolute Gasteiger partial charge is 0.300 e. The van der Waals surface area contributed by atoms with E-state index in [0.29, 0.717) is 5.69 Å². The summed E-state index contributed by atoms with van der Waals surface area (Å²) in [6, 6.07) is 9.11. The quantitative estimate of drug-likeness (QED) is 0.561. The second-order valence-corrected chi connectivity index (χ2v) is 9.67. The van der Waals surface area contributed by atoms with Gasteiger partial charge in [0.05, 0.1) is 12.0 Å². The van der Waals surface area contributed by atoms with Crippen molar-refractivity contribution in [3.05, 3.63) is 53.5 Å². The van der Waals surface area contributed by atoms with E-state index in [1.165, 1.54) is 18.2 Å². The zero-order valence-corrected chi connectivity index (χ0v) is 19.0. The molecule has 0 radical (unpaired) electrons. The number of halogens is 1. The third-order valence-corrected chi connectivity index (χ3v) is 6.82. The molecule has 0 saturated carbocycles. The van der Waals surface area contributed by atoms with Crippen LogP contribution in [0.2, 0.25) is 0 Å². The van der Waals surface area contributed by atoms with Gasteiger partial charge in [-0.25, -0.2) is 17.5 Å². The fraction of sp³-hybridized carbons (Fsp3) is 0.348. The normalized spacial score (nSPS) is 14.0. The van der Waals surface area contributed by atoms with E-state index in [0.717, 1.165) is 25.1 Å². The highest BCUT2D eigenvalue weighted by Crippen LogP contribution is 2.31. The van der Waals surface area contributed by atoms with Crippen molar-refractivity contribution in [1.82, 2.24) is 4.72 Å². The number of fused-ring (bicyclic) bond motifs is 1. The number of hydrogen-bond donors (Lipinski definition) is 1. The Balaban J connectivity index is 1.65. The molecule has 9 heteroatoms. The molecule has 1 aliphatic rings. The molecule has 1 saturated heterocycles. The molecule has 170 valence electrons. The first-order valence-electron chi connectivity index (χ1n) is 10.5. The van der Waals surface area contributed by atoms with Crippen LogP contribution < -0.4 is 14.4 Å². The Morgan fingerprint density at radius 1 is 1.22 bits per heavy atom. The first kappa shape index (κ1) is 22.1. The van der Waals surface area contributed by atoms with Gasteiger partial charge in [0.1, 0.15) is 22.0 Å². The summed E-state index contributed by atoms with van der Waals surface area (Å²) in [6.45, 7) is 7.52. The number of sulfonamides is 1. The minimum Gasteiger partial charge on any atom is -0.492 e. The van der Waals surface area contributed by atoms with E-state index in [-0.39, 0.29) is 39.9 Å². The maximum absolute atomic E-state index is 14.6. The summed E-state index contributed by atoms with van der Waals surface area (Å²) in [5, 5.41) is 0.119. The van der Waals surface area contributed by atoms with Crippen LogP contribution in [-0.2, 0) is 10.0 Å². The minimum absolute atomic E-state index is 0.0780. The van der Waals surface area contributed by atoms with Gasteiger partial charge in [-0.15, -0.1) is 0 Å². The van der Waals surface area contributed by atoms with Crippen molar-refractivity contribution in [1.29, 1.82) is 0 Å². The van der Waals surface area contributed by atoms with Crippen LogP contribution in [0.5, 0.6) is 5.75 Å². The largest absolute Gasteiger partial charge is 0.492 e. The predicted octanol–water partition coefficient (Wildman–Crippen LogP) is 4.42. The number of nitrogens with zero attached hydrogens (tertiary/aromatic N) is 1. The highest BCUT2D eigenvalue weighted by molar-refractivity contribution is 7.90. The number of amides is 1. The Morgan fingerprint density at radius 3 is 2.59 bits per heavy atom. The lowest BCUT2D eigenvalue weighted by Gasteiger charge is -2.33. The first-order valence-corrected chi connectivity index (χ1v) is 12.0. The van der Waals surface area contributed by atoms with Gasteiger partial charge >= 0.3 is 5.91 Å². The van der Waals surface area contributed by atoms with Crippen molar-refractivity contribution in [3.63, 3.8) is 0 Å². The van der Waals surface area contributed by atoms with Crippen LogP contribution in [0.3, 0.4) is 0 Å². The van der Waals surface area contributed by atoms with Gasteiger partial charge in [0, 0.05) is 30.9 Å². The van der Waals surface area contributed by atoms with Crippen molar-refractivity contribution in [2.24, 2.45) is 0 Å². The fourth-order valence-corrected chi connectivity index (χ4v) is 4.68. The van der Waals surface area contributed by atoms with Crippen molar-refractivity contribution < 1.29 is 26.8 Å². The lowest BCUT2D eigenvalue weighted by atomic mass is 10.0. The van der Waals surface area contributed by atoms with Gasteiger partial charge in [-0.2, -0.15) is 0 Å². The Bertz CT molecular complexity index is 1280. The zero-order chi connectivity index (χ0) is 23.0. The van der Waals surface area contributed by atoms with Crippen LogP contribution in [0, 0.1) is 5.82 Å². The Labute approximate surface area is 186 Å². The molecule has 1 aliphatic heterocycles. The van der Waals surface area contributed by atoms with Gasteiger partial charge in [0.25, 0.3) is 10.0 Å². The van der Waals surface area contributed by atoms with E-state index in [1.807, 2.05) is 23.5 Å². The average molecular weight is 461 g/mol. The van der Waals surface area contributed by atoms with Gasteiger partial charge in [0.2, 0.25) is 0 Å². The van der Waals surface area contributed by atoms with Crippen LogP contribution in [-0.4, -0.2) is 34.0 Å². The van der Waals surface area contributed by atoms with E-state index in [4.69, 9.17) is 9.15 Å². The number of hydrogen-bond acceptors (Lipinski definition) is 6. The van der Waals surface area contributed by atoms with Gasteiger partial charge in [-0.1, -0.05) is 19.9 Å². The van der Waals surface area contributed by atoms with Gasteiger partial charge < -0.3 is 14.1 Å². The molecular formula is C23H25FN2O5S. The van der Waals surface area contributed by atoms with E-state index in [9.17, 15) is 17.6 Å². The summed E-state index contributed by atoms with van der Waals surface area (Å²) >= 11 is 0. The SMILES string of the molecule is CCOc1ccc(C(C)C)cc1S(=O)(=O)NC(=O)c1cc2c(F)cc(N3CCC3)cc2o1. The zero-order valence-electron chi connectivity index (χ0n) is 18.1. The maximum atomic E-state index is 14.6. The number of furan rings is 1. The van der Waals surface area contributed by atoms with E-state index in [2.05, 4.69) is 0 Å². The molecule has 0 unspecified atom stereocenters. The van der Waals surface area contributed by atoms with E-state index in [1.54, 1.807) is 25.1 Å². The fourth-order valence-electron chi connectivity index (χ4n) is 3.55. The van der Waals surface area contributed by atoms with Crippen molar-refractivity contribution in [3.8, 4) is 5.75 Å². The van der Waals surface area contributed by atoms with Crippen LogP contribution in [0.1, 0.15) is 49.2 Å². The van der Waals surface area contributed by atoms with Crippen LogP contribution in [0.15, 0.2) is 45.7 Å². The highest BCUT2D eigenvalue weighted by atomic mass is 32.2. The van der Waals surface area contributed by atoms with E-state index < -0.39 is 21.7 Å². The van der Waals surface area contributed by atoms with Crippen molar-refractivity contribution >= 4 is 32.6 Å². The summed E-state index contributed by atoms with van der Waals surface area (Å²) in [6.07, 6.45) is 1.03. The van der Waals surface area contributed by atoms with Crippen LogP contribution >= 0.6 is 0 Å². The molecule has 0 bridgehead atoms. The standard InChI is InChI=1S/C23H25FN2O5S/c1-4-30-19-7-6-15(14(2)3)10-22(19)32(28,29)25-23(27)21-13-17-18(24)11-16(12-20(17)31-21)26-8-5-9-26/h6-7,10-14H,4-5,8-9H2,1-3H3,(H,25,27). The Morgan fingerprint density at radius 2 is 1.97 bits per heavy atom.